The number of sulfonamides is 1. The molecule has 2 aromatic heterocycles. The molecule has 3 N–H and O–H groups in total. The molecule has 39 heavy (non-hydrogen) atoms. The first-order chi connectivity index (χ1) is 18.6. The lowest BCUT2D eigenvalue weighted by molar-refractivity contribution is 0.0697. The molecule has 0 amide bonds. The molecule has 1 fully saturated rings. The maximum Gasteiger partial charge on any atom is 0.335 e. The van der Waals surface area contributed by atoms with Crippen molar-refractivity contribution in [2.45, 2.75) is 12.1 Å². The van der Waals surface area contributed by atoms with E-state index in [-0.39, 0.29) is 11.6 Å². The standard InChI is InChI=1S/C27H24N4O6S2/c1-36-23-15-18(9-10-19(23)30-39(2,34)35)31-25(24(29-27(31)38)20-8-3-4-13-28-20)22-12-11-21(37-22)16-6-5-7-17(14-16)26(32)33/h3-15,24-25,30H,1-2H3,(H,29,38)(H,32,33). The smallest absolute Gasteiger partial charge is 0.335 e. The second kappa shape index (κ2) is 10.4. The van der Waals surface area contributed by atoms with Gasteiger partial charge in [0.15, 0.2) is 5.11 Å². The zero-order chi connectivity index (χ0) is 27.7. The van der Waals surface area contributed by atoms with Crippen molar-refractivity contribution in [1.29, 1.82) is 0 Å². The van der Waals surface area contributed by atoms with Crippen LogP contribution in [-0.2, 0) is 10.0 Å². The molecule has 200 valence electrons. The van der Waals surface area contributed by atoms with E-state index in [0.29, 0.717) is 39.3 Å². The highest BCUT2D eigenvalue weighted by Crippen LogP contribution is 2.44. The number of carboxylic acid groups (broad SMARTS) is 1. The Labute approximate surface area is 230 Å². The first-order valence-corrected chi connectivity index (χ1v) is 14.0. The minimum absolute atomic E-state index is 0.150. The van der Waals surface area contributed by atoms with Gasteiger partial charge in [0.1, 0.15) is 23.3 Å². The third kappa shape index (κ3) is 5.42. The molecule has 3 heterocycles. The van der Waals surface area contributed by atoms with E-state index < -0.39 is 22.0 Å². The van der Waals surface area contributed by atoms with Gasteiger partial charge in [-0.05, 0) is 60.7 Å². The van der Waals surface area contributed by atoms with Crippen LogP contribution in [0.25, 0.3) is 11.3 Å². The molecule has 2 atom stereocenters. The van der Waals surface area contributed by atoms with Crippen molar-refractivity contribution >= 4 is 44.7 Å². The lowest BCUT2D eigenvalue weighted by Crippen LogP contribution is -2.29. The average Bonchev–Trinajstić information content (AvgIpc) is 3.53. The average molecular weight is 565 g/mol. The number of hydrogen-bond donors (Lipinski definition) is 3. The van der Waals surface area contributed by atoms with Crippen LogP contribution in [-0.4, -0.2) is 43.0 Å². The normalized spacial score (nSPS) is 17.1. The number of nitrogens with one attached hydrogen (secondary N) is 2. The Morgan fingerprint density at radius 1 is 1.13 bits per heavy atom. The van der Waals surface area contributed by atoms with Crippen molar-refractivity contribution in [2.75, 3.05) is 23.0 Å². The zero-order valence-corrected chi connectivity index (χ0v) is 22.5. The van der Waals surface area contributed by atoms with Gasteiger partial charge in [0.25, 0.3) is 0 Å². The second-order valence-corrected chi connectivity index (χ2v) is 11.0. The maximum atomic E-state index is 11.8. The number of thiocarbonyl (C=S) groups is 1. The number of anilines is 2. The Hall–Kier alpha value is -4.42. The van der Waals surface area contributed by atoms with E-state index in [0.717, 1.165) is 11.9 Å². The van der Waals surface area contributed by atoms with Gasteiger partial charge >= 0.3 is 5.97 Å². The molecule has 0 saturated carbocycles. The number of methoxy groups -OCH3 is 1. The number of pyridine rings is 1. The van der Waals surface area contributed by atoms with Gasteiger partial charge in [-0.2, -0.15) is 0 Å². The highest BCUT2D eigenvalue weighted by molar-refractivity contribution is 7.92. The Balaban J connectivity index is 1.59. The Morgan fingerprint density at radius 2 is 1.95 bits per heavy atom. The van der Waals surface area contributed by atoms with Crippen molar-refractivity contribution in [3.8, 4) is 17.1 Å². The van der Waals surface area contributed by atoms with Gasteiger partial charge in [-0.15, -0.1) is 0 Å². The van der Waals surface area contributed by atoms with E-state index in [4.69, 9.17) is 21.4 Å². The van der Waals surface area contributed by atoms with E-state index >= 15 is 0 Å². The summed E-state index contributed by atoms with van der Waals surface area (Å²) in [6.07, 6.45) is 2.76. The number of nitrogens with zero attached hydrogens (tertiary/aromatic N) is 2. The molecule has 12 heteroatoms. The molecule has 10 nitrogen and oxygen atoms in total. The molecule has 0 spiro atoms. The minimum atomic E-state index is -3.52. The minimum Gasteiger partial charge on any atom is -0.494 e. The molecular formula is C27H24N4O6S2. The molecule has 0 radical (unpaired) electrons. The van der Waals surface area contributed by atoms with Gasteiger partial charge in [0.05, 0.1) is 36.4 Å². The predicted octanol–water partition coefficient (Wildman–Crippen LogP) is 4.60. The fraction of sp³-hybridized carbons (Fsp3) is 0.148. The lowest BCUT2D eigenvalue weighted by Gasteiger charge is -2.27. The summed E-state index contributed by atoms with van der Waals surface area (Å²) in [7, 11) is -2.08. The van der Waals surface area contributed by atoms with Gasteiger partial charge in [-0.3, -0.25) is 9.71 Å². The SMILES string of the molecule is COc1cc(N2C(=S)NC(c3ccccn3)C2c2ccc(-c3cccc(C(=O)O)c3)o2)ccc1NS(C)(=O)=O. The molecular weight excluding hydrogens is 540 g/mol. The quantitative estimate of drug-likeness (QED) is 0.261. The molecule has 2 aromatic carbocycles. The largest absolute Gasteiger partial charge is 0.494 e. The monoisotopic (exact) mass is 564 g/mol. The number of benzene rings is 2. The summed E-state index contributed by atoms with van der Waals surface area (Å²) in [5.41, 5.74) is 2.43. The van der Waals surface area contributed by atoms with Gasteiger partial charge in [-0.25, -0.2) is 13.2 Å². The number of ether oxygens (including phenoxy) is 1. The van der Waals surface area contributed by atoms with Crippen LogP contribution in [0.3, 0.4) is 0 Å². The zero-order valence-electron chi connectivity index (χ0n) is 20.9. The van der Waals surface area contributed by atoms with Crippen molar-refractivity contribution in [3.63, 3.8) is 0 Å². The fourth-order valence-corrected chi connectivity index (χ4v) is 5.42. The van der Waals surface area contributed by atoms with Crippen LogP contribution in [0.2, 0.25) is 0 Å². The summed E-state index contributed by atoms with van der Waals surface area (Å²) in [6, 6.07) is 19.9. The third-order valence-electron chi connectivity index (χ3n) is 6.17. The summed E-state index contributed by atoms with van der Waals surface area (Å²) < 4.78 is 37.9. The number of carboxylic acids is 1. The molecule has 5 rings (SSSR count). The van der Waals surface area contributed by atoms with E-state index in [1.54, 1.807) is 48.7 Å². The number of aromatic carboxylic acids is 1. The Kier molecular flexibility index (Phi) is 6.98. The number of carbonyl (C=O) groups is 1. The molecule has 1 saturated heterocycles. The Bertz CT molecular complexity index is 1660. The van der Waals surface area contributed by atoms with Crippen LogP contribution >= 0.6 is 12.2 Å². The summed E-state index contributed by atoms with van der Waals surface area (Å²) >= 11 is 5.75. The first kappa shape index (κ1) is 26.2. The molecule has 4 aromatic rings. The van der Waals surface area contributed by atoms with E-state index in [2.05, 4.69) is 15.0 Å². The lowest BCUT2D eigenvalue weighted by atomic mass is 10.0. The van der Waals surface area contributed by atoms with Gasteiger partial charge in [0.2, 0.25) is 10.0 Å². The maximum absolute atomic E-state index is 11.8. The molecule has 0 aliphatic carbocycles. The van der Waals surface area contributed by atoms with Crippen molar-refractivity contribution in [2.24, 2.45) is 0 Å². The number of rotatable bonds is 8. The van der Waals surface area contributed by atoms with Crippen LogP contribution in [0.1, 0.15) is 33.9 Å². The van der Waals surface area contributed by atoms with Gasteiger partial charge in [-0.1, -0.05) is 18.2 Å². The molecule has 0 bridgehead atoms. The summed E-state index contributed by atoms with van der Waals surface area (Å²) in [5, 5.41) is 13.1. The van der Waals surface area contributed by atoms with Crippen molar-refractivity contribution in [1.82, 2.24) is 10.3 Å². The van der Waals surface area contributed by atoms with Crippen LogP contribution in [0.4, 0.5) is 11.4 Å². The second-order valence-electron chi connectivity index (χ2n) is 8.84. The third-order valence-corrected chi connectivity index (χ3v) is 7.07. The molecule has 2 unspecified atom stereocenters. The fourth-order valence-electron chi connectivity index (χ4n) is 4.51. The number of hydrogen-bond acceptors (Lipinski definition) is 7. The predicted molar refractivity (Wildman–Crippen MR) is 150 cm³/mol. The highest BCUT2D eigenvalue weighted by Gasteiger charge is 2.43. The molecule has 1 aliphatic heterocycles. The van der Waals surface area contributed by atoms with Crippen molar-refractivity contribution < 1.29 is 27.5 Å². The summed E-state index contributed by atoms with van der Waals surface area (Å²) in [5.74, 6) is 0.339. The van der Waals surface area contributed by atoms with E-state index in [9.17, 15) is 18.3 Å². The van der Waals surface area contributed by atoms with Gasteiger partial charge in [0, 0.05) is 23.5 Å². The van der Waals surface area contributed by atoms with Crippen LogP contribution in [0.5, 0.6) is 5.75 Å². The first-order valence-electron chi connectivity index (χ1n) is 11.7. The number of aromatic nitrogens is 1. The van der Waals surface area contributed by atoms with Crippen LogP contribution in [0, 0.1) is 0 Å². The number of furan rings is 1. The van der Waals surface area contributed by atoms with E-state index in [1.807, 2.05) is 29.2 Å². The molecule has 1 aliphatic rings. The Morgan fingerprint density at radius 3 is 2.64 bits per heavy atom. The van der Waals surface area contributed by atoms with Gasteiger partial charge < -0.3 is 24.5 Å². The summed E-state index contributed by atoms with van der Waals surface area (Å²) in [4.78, 5) is 17.9. The topological polar surface area (TPSA) is 134 Å². The van der Waals surface area contributed by atoms with Crippen LogP contribution in [0.15, 0.2) is 83.4 Å². The van der Waals surface area contributed by atoms with Crippen molar-refractivity contribution in [3.05, 3.63) is 96.0 Å². The van der Waals surface area contributed by atoms with E-state index in [1.165, 1.54) is 13.2 Å². The summed E-state index contributed by atoms with van der Waals surface area (Å²) in [6.45, 7) is 0. The highest BCUT2D eigenvalue weighted by atomic mass is 32.2. The van der Waals surface area contributed by atoms with Crippen LogP contribution < -0.4 is 19.7 Å².